The summed E-state index contributed by atoms with van der Waals surface area (Å²) in [6.45, 7) is 8.78. The molecule has 10 heteroatoms. The van der Waals surface area contributed by atoms with Crippen molar-refractivity contribution in [2.75, 3.05) is 26.7 Å². The number of amides is 2. The van der Waals surface area contributed by atoms with Gasteiger partial charge in [0, 0.05) is 37.2 Å². The summed E-state index contributed by atoms with van der Waals surface area (Å²) in [7, 11) is -2.31. The van der Waals surface area contributed by atoms with E-state index in [4.69, 9.17) is 4.74 Å². The van der Waals surface area contributed by atoms with Crippen molar-refractivity contribution in [2.45, 2.75) is 63.8 Å². The van der Waals surface area contributed by atoms with Crippen LogP contribution in [0.4, 0.5) is 4.79 Å². The highest BCUT2D eigenvalue weighted by atomic mass is 32.2. The fraction of sp³-hybridized carbons (Fsp3) is 0.609. The summed E-state index contributed by atoms with van der Waals surface area (Å²) < 4.78 is 34.4. The topological polar surface area (TPSA) is 119 Å². The monoisotopic (exact) mass is 481 g/mol. The maximum Gasteiger partial charge on any atom is 0.317 e. The Bertz CT molecular complexity index is 999. The van der Waals surface area contributed by atoms with Crippen molar-refractivity contribution in [3.8, 4) is 17.6 Å². The van der Waals surface area contributed by atoms with Crippen molar-refractivity contribution >= 4 is 16.1 Å². The fourth-order valence-corrected chi connectivity index (χ4v) is 5.24. The van der Waals surface area contributed by atoms with E-state index in [1.165, 1.54) is 28.3 Å². The van der Waals surface area contributed by atoms with Gasteiger partial charge in [0.1, 0.15) is 22.9 Å². The minimum Gasteiger partial charge on any atom is -0.487 e. The third kappa shape index (κ3) is 6.84. The summed E-state index contributed by atoms with van der Waals surface area (Å²) in [6, 6.07) is 3.59. The van der Waals surface area contributed by atoms with Crippen molar-refractivity contribution < 1.29 is 28.2 Å². The van der Waals surface area contributed by atoms with Crippen molar-refractivity contribution in [3.63, 3.8) is 0 Å². The molecule has 0 bridgehead atoms. The number of nitrogens with zero attached hydrogens (tertiary/aromatic N) is 2. The van der Waals surface area contributed by atoms with Gasteiger partial charge in [0.2, 0.25) is 10.0 Å². The first-order valence-electron chi connectivity index (χ1n) is 11.0. The molecule has 0 saturated heterocycles. The van der Waals surface area contributed by atoms with Crippen LogP contribution < -0.4 is 10.1 Å². The predicted molar refractivity (Wildman–Crippen MR) is 125 cm³/mol. The molecule has 0 fully saturated rings. The van der Waals surface area contributed by atoms with Gasteiger partial charge in [-0.3, -0.25) is 0 Å². The Morgan fingerprint density at radius 2 is 2.00 bits per heavy atom. The van der Waals surface area contributed by atoms with Crippen molar-refractivity contribution in [1.82, 2.24) is 14.5 Å². The number of urea groups is 1. The first kappa shape index (κ1) is 26.9. The molecule has 0 unspecified atom stereocenters. The first-order valence-corrected chi connectivity index (χ1v) is 12.5. The van der Waals surface area contributed by atoms with Gasteiger partial charge in [-0.15, -0.1) is 0 Å². The average molecular weight is 482 g/mol. The highest BCUT2D eigenvalue weighted by Gasteiger charge is 2.38. The second-order valence-electron chi connectivity index (χ2n) is 8.83. The van der Waals surface area contributed by atoms with E-state index in [2.05, 4.69) is 17.2 Å². The molecule has 0 spiro atoms. The number of carbonyl (C=O) groups is 1. The molecule has 4 atom stereocenters. The molecule has 2 amide bonds. The van der Waals surface area contributed by atoms with E-state index in [0.717, 1.165) is 0 Å². The fourth-order valence-electron chi connectivity index (χ4n) is 3.42. The summed E-state index contributed by atoms with van der Waals surface area (Å²) in [5, 5.41) is 22.0. The van der Waals surface area contributed by atoms with Crippen molar-refractivity contribution in [1.29, 1.82) is 0 Å². The van der Waals surface area contributed by atoms with E-state index >= 15 is 0 Å². The largest absolute Gasteiger partial charge is 0.487 e. The molecule has 1 heterocycles. The van der Waals surface area contributed by atoms with Crippen LogP contribution in [-0.2, 0) is 10.0 Å². The summed E-state index contributed by atoms with van der Waals surface area (Å²) in [6.07, 6.45) is -1.35. The molecule has 1 aliphatic heterocycles. The van der Waals surface area contributed by atoms with Gasteiger partial charge in [0.05, 0.1) is 13.2 Å². The second-order valence-corrected chi connectivity index (χ2v) is 10.7. The number of ether oxygens (including phenoxy) is 1. The number of sulfonamides is 1. The van der Waals surface area contributed by atoms with Crippen LogP contribution in [0, 0.1) is 17.8 Å². The van der Waals surface area contributed by atoms with Crippen LogP contribution >= 0.6 is 0 Å². The number of likely N-dealkylation sites (N-methyl/N-ethyl adjacent to an activating group) is 1. The molecule has 1 aromatic rings. The molecule has 3 N–H and O–H groups in total. The number of aliphatic hydroxyl groups is 2. The summed E-state index contributed by atoms with van der Waals surface area (Å²) in [5.74, 6) is 5.27. The third-order valence-corrected chi connectivity index (χ3v) is 7.32. The number of carbonyl (C=O) groups excluding carboxylic acids is 1. The SMILES string of the molecule is CC(C)NC(=O)N(C)C[C@@H]1Oc2cc(C#C[C@H](C)O)ccc2S(=O)(=O)N([C@@H](C)CO)C[C@@H]1C. The minimum absolute atomic E-state index is 0.0301. The van der Waals surface area contributed by atoms with E-state index in [-0.39, 0.29) is 48.3 Å². The molecule has 33 heavy (non-hydrogen) atoms. The van der Waals surface area contributed by atoms with E-state index in [1.807, 2.05) is 20.8 Å². The van der Waals surface area contributed by atoms with Gasteiger partial charge in [0.25, 0.3) is 0 Å². The lowest BCUT2D eigenvalue weighted by Gasteiger charge is -2.37. The number of hydrogen-bond donors (Lipinski definition) is 3. The number of fused-ring (bicyclic) bond motifs is 1. The molecule has 1 aromatic carbocycles. The van der Waals surface area contributed by atoms with Crippen LogP contribution in [0.2, 0.25) is 0 Å². The highest BCUT2D eigenvalue weighted by Crippen LogP contribution is 2.34. The number of nitrogens with one attached hydrogen (secondary N) is 1. The molecular weight excluding hydrogens is 446 g/mol. The third-order valence-electron chi connectivity index (χ3n) is 5.31. The zero-order chi connectivity index (χ0) is 24.9. The molecular formula is C23H35N3O6S. The van der Waals surface area contributed by atoms with Gasteiger partial charge < -0.3 is 25.2 Å². The smallest absolute Gasteiger partial charge is 0.317 e. The standard InChI is InChI=1S/C23H35N3O6S/c1-15(2)24-23(29)25(6)13-21-16(3)12-26(17(4)14-27)33(30,31)22-10-9-19(8-7-18(5)28)11-20(22)32-21/h9-11,15-18,21,27-28H,12-14H2,1-6H3,(H,24,29)/t16-,17-,18-,21-/m0/s1. The molecule has 0 radical (unpaired) electrons. The van der Waals surface area contributed by atoms with E-state index in [1.54, 1.807) is 20.0 Å². The number of hydrogen-bond acceptors (Lipinski definition) is 6. The van der Waals surface area contributed by atoms with Gasteiger partial charge in [-0.1, -0.05) is 18.8 Å². The molecule has 1 aliphatic rings. The number of aliphatic hydroxyl groups excluding tert-OH is 2. The molecule has 0 saturated carbocycles. The molecule has 0 aromatic heterocycles. The Morgan fingerprint density at radius 1 is 1.33 bits per heavy atom. The minimum atomic E-state index is -3.96. The number of rotatable bonds is 5. The Hall–Kier alpha value is -2.32. The maximum atomic E-state index is 13.4. The summed E-state index contributed by atoms with van der Waals surface area (Å²) in [5.41, 5.74) is 0.490. The Kier molecular flexibility index (Phi) is 9.14. The van der Waals surface area contributed by atoms with Gasteiger partial charge in [0.15, 0.2) is 0 Å². The van der Waals surface area contributed by atoms with E-state index < -0.39 is 28.3 Å². The van der Waals surface area contributed by atoms with E-state index in [9.17, 15) is 23.4 Å². The van der Waals surface area contributed by atoms with Crippen LogP contribution in [0.1, 0.15) is 40.2 Å². The van der Waals surface area contributed by atoms with Gasteiger partial charge in [-0.25, -0.2) is 13.2 Å². The van der Waals surface area contributed by atoms with Gasteiger partial charge in [-0.05, 0) is 45.9 Å². The Morgan fingerprint density at radius 3 is 2.58 bits per heavy atom. The first-order chi connectivity index (χ1) is 15.4. The zero-order valence-electron chi connectivity index (χ0n) is 20.1. The second kappa shape index (κ2) is 11.2. The Balaban J connectivity index is 2.53. The van der Waals surface area contributed by atoms with Gasteiger partial charge >= 0.3 is 6.03 Å². The molecule has 2 rings (SSSR count). The van der Waals surface area contributed by atoms with Crippen LogP contribution in [0.25, 0.3) is 0 Å². The summed E-state index contributed by atoms with van der Waals surface area (Å²) in [4.78, 5) is 13.9. The van der Waals surface area contributed by atoms with E-state index in [0.29, 0.717) is 5.56 Å². The van der Waals surface area contributed by atoms with Crippen molar-refractivity contribution in [3.05, 3.63) is 23.8 Å². The van der Waals surface area contributed by atoms with Crippen molar-refractivity contribution in [2.24, 2.45) is 5.92 Å². The van der Waals surface area contributed by atoms with Crippen LogP contribution in [-0.4, -0.2) is 84.9 Å². The normalized spacial score (nSPS) is 22.0. The highest BCUT2D eigenvalue weighted by molar-refractivity contribution is 7.89. The molecule has 0 aliphatic carbocycles. The zero-order valence-corrected chi connectivity index (χ0v) is 20.9. The lowest BCUT2D eigenvalue weighted by molar-refractivity contribution is 0.0809. The van der Waals surface area contributed by atoms with Crippen LogP contribution in [0.3, 0.4) is 0 Å². The maximum absolute atomic E-state index is 13.4. The van der Waals surface area contributed by atoms with Gasteiger partial charge in [-0.2, -0.15) is 4.31 Å². The quantitative estimate of drug-likeness (QED) is 0.545. The molecule has 184 valence electrons. The Labute approximate surface area is 196 Å². The number of benzene rings is 1. The lowest BCUT2D eigenvalue weighted by Crippen LogP contribution is -2.51. The lowest BCUT2D eigenvalue weighted by atomic mass is 10.0. The van der Waals surface area contributed by atoms with Crippen LogP contribution in [0.5, 0.6) is 5.75 Å². The average Bonchev–Trinajstić information content (AvgIpc) is 2.73. The van der Waals surface area contributed by atoms with Crippen LogP contribution in [0.15, 0.2) is 23.1 Å². The summed E-state index contributed by atoms with van der Waals surface area (Å²) >= 11 is 0. The molecule has 9 nitrogen and oxygen atoms in total. The predicted octanol–water partition coefficient (Wildman–Crippen LogP) is 1.24.